The molecule has 0 aliphatic heterocycles. The Balaban J connectivity index is 1.55. The standard InChI is InChI=1S/C21H19FN6O2/c1-27(16-5-4-14-11(16)3-6-19(25-14)30-2)21(29)12-7-17-15(8-13(12)22)26-20(23)18-9-24-10-28(17)18/h3,6-10,16H,4-5H2,1-2H3,(H2,23,26). The topological polar surface area (TPSA) is 98.6 Å². The van der Waals surface area contributed by atoms with Crippen LogP contribution in [0.25, 0.3) is 16.6 Å². The Morgan fingerprint density at radius 2 is 2.13 bits per heavy atom. The number of aromatic nitrogens is 4. The van der Waals surface area contributed by atoms with Gasteiger partial charge in [-0.1, -0.05) is 0 Å². The Hall–Kier alpha value is -3.75. The Morgan fingerprint density at radius 3 is 2.93 bits per heavy atom. The van der Waals surface area contributed by atoms with Gasteiger partial charge in [0.05, 0.1) is 42.3 Å². The van der Waals surface area contributed by atoms with Crippen molar-refractivity contribution in [3.8, 4) is 5.88 Å². The van der Waals surface area contributed by atoms with E-state index >= 15 is 0 Å². The molecule has 0 saturated carbocycles. The smallest absolute Gasteiger partial charge is 0.257 e. The summed E-state index contributed by atoms with van der Waals surface area (Å²) in [7, 11) is 3.25. The second kappa shape index (κ2) is 6.65. The zero-order chi connectivity index (χ0) is 21.0. The first-order valence-corrected chi connectivity index (χ1v) is 9.49. The molecular weight excluding hydrogens is 387 g/mol. The summed E-state index contributed by atoms with van der Waals surface area (Å²) in [6, 6.07) is 6.26. The van der Waals surface area contributed by atoms with Gasteiger partial charge in [-0.3, -0.25) is 9.20 Å². The maximum absolute atomic E-state index is 14.9. The first kappa shape index (κ1) is 18.3. The number of methoxy groups -OCH3 is 1. The fraction of sp³-hybridized carbons (Fsp3) is 0.238. The molecule has 2 N–H and O–H groups in total. The summed E-state index contributed by atoms with van der Waals surface area (Å²) < 4.78 is 21.8. The molecule has 0 fully saturated rings. The van der Waals surface area contributed by atoms with E-state index in [1.807, 2.05) is 6.07 Å². The van der Waals surface area contributed by atoms with Gasteiger partial charge in [-0.15, -0.1) is 0 Å². The molecule has 1 atom stereocenters. The second-order valence-electron chi connectivity index (χ2n) is 7.33. The van der Waals surface area contributed by atoms with Crippen molar-refractivity contribution in [1.29, 1.82) is 0 Å². The first-order valence-electron chi connectivity index (χ1n) is 9.49. The van der Waals surface area contributed by atoms with Crippen LogP contribution >= 0.6 is 0 Å². The van der Waals surface area contributed by atoms with E-state index in [1.165, 1.54) is 12.1 Å². The zero-order valence-corrected chi connectivity index (χ0v) is 16.5. The second-order valence-corrected chi connectivity index (χ2v) is 7.33. The molecule has 8 nitrogen and oxygen atoms in total. The van der Waals surface area contributed by atoms with Crippen molar-refractivity contribution in [3.05, 3.63) is 59.4 Å². The molecule has 0 radical (unpaired) electrons. The largest absolute Gasteiger partial charge is 0.481 e. The molecule has 30 heavy (non-hydrogen) atoms. The molecule has 1 amide bonds. The quantitative estimate of drug-likeness (QED) is 0.562. The number of ether oxygens (including phenoxy) is 1. The SMILES string of the molecule is COc1ccc2c(n1)CCC2N(C)C(=O)c1cc2c(cc1F)nc(N)c1cncn12. The monoisotopic (exact) mass is 406 g/mol. The number of rotatable bonds is 3. The van der Waals surface area contributed by atoms with Crippen LogP contribution in [0.1, 0.15) is 34.1 Å². The Labute approximate surface area is 171 Å². The van der Waals surface area contributed by atoms with Gasteiger partial charge in [0.15, 0.2) is 0 Å². The maximum Gasteiger partial charge on any atom is 0.257 e. The summed E-state index contributed by atoms with van der Waals surface area (Å²) >= 11 is 0. The molecule has 4 aromatic rings. The first-order chi connectivity index (χ1) is 14.5. The lowest BCUT2D eigenvalue weighted by Gasteiger charge is -2.25. The molecule has 5 rings (SSSR count). The number of nitrogen functional groups attached to an aromatic ring is 1. The van der Waals surface area contributed by atoms with Gasteiger partial charge in [0.1, 0.15) is 17.2 Å². The van der Waals surface area contributed by atoms with Crippen molar-refractivity contribution >= 4 is 28.3 Å². The number of hydrogen-bond donors (Lipinski definition) is 1. The number of benzene rings is 1. The molecular formula is C21H19FN6O2. The molecule has 9 heteroatoms. The number of nitrogens with two attached hydrogens (primary N) is 1. The molecule has 1 aliphatic carbocycles. The lowest BCUT2D eigenvalue weighted by molar-refractivity contribution is 0.0726. The van der Waals surface area contributed by atoms with E-state index in [0.29, 0.717) is 22.4 Å². The summed E-state index contributed by atoms with van der Waals surface area (Å²) in [5.74, 6) is -0.258. The van der Waals surface area contributed by atoms with E-state index in [9.17, 15) is 9.18 Å². The average Bonchev–Trinajstić information content (AvgIpc) is 3.39. The number of nitrogens with zero attached hydrogens (tertiary/aromatic N) is 5. The van der Waals surface area contributed by atoms with Gasteiger partial charge in [0.25, 0.3) is 5.91 Å². The molecule has 0 bridgehead atoms. The molecule has 152 valence electrons. The summed E-state index contributed by atoms with van der Waals surface area (Å²) in [5, 5.41) is 0. The lowest BCUT2D eigenvalue weighted by Crippen LogP contribution is -2.31. The summed E-state index contributed by atoms with van der Waals surface area (Å²) in [6.45, 7) is 0. The summed E-state index contributed by atoms with van der Waals surface area (Å²) in [5.41, 5.74) is 9.28. The maximum atomic E-state index is 14.9. The molecule has 1 aromatic carbocycles. The molecule has 1 unspecified atom stereocenters. The summed E-state index contributed by atoms with van der Waals surface area (Å²) in [6.07, 6.45) is 4.60. The van der Waals surface area contributed by atoms with Crippen LogP contribution in [0.5, 0.6) is 5.88 Å². The van der Waals surface area contributed by atoms with Gasteiger partial charge in [-0.2, -0.15) is 0 Å². The highest BCUT2D eigenvalue weighted by Crippen LogP contribution is 2.36. The number of fused-ring (bicyclic) bond motifs is 4. The highest BCUT2D eigenvalue weighted by molar-refractivity contribution is 5.98. The predicted octanol–water partition coefficient (Wildman–Crippen LogP) is 2.77. The minimum Gasteiger partial charge on any atom is -0.481 e. The predicted molar refractivity (Wildman–Crippen MR) is 109 cm³/mol. The van der Waals surface area contributed by atoms with Crippen LogP contribution < -0.4 is 10.5 Å². The van der Waals surface area contributed by atoms with Crippen LogP contribution in [-0.4, -0.2) is 44.3 Å². The average molecular weight is 406 g/mol. The van der Waals surface area contributed by atoms with E-state index in [-0.39, 0.29) is 17.4 Å². The number of carbonyl (C=O) groups is 1. The highest BCUT2D eigenvalue weighted by Gasteiger charge is 2.31. The number of amides is 1. The number of carbonyl (C=O) groups excluding carboxylic acids is 1. The van der Waals surface area contributed by atoms with Crippen LogP contribution in [0.15, 0.2) is 36.8 Å². The minimum absolute atomic E-state index is 0.0264. The van der Waals surface area contributed by atoms with E-state index in [2.05, 4.69) is 15.0 Å². The Kier molecular flexibility index (Phi) is 4.05. The Bertz CT molecular complexity index is 1320. The van der Waals surface area contributed by atoms with Crippen molar-refractivity contribution in [3.63, 3.8) is 0 Å². The van der Waals surface area contributed by atoms with Crippen molar-refractivity contribution in [2.75, 3.05) is 19.9 Å². The van der Waals surface area contributed by atoms with E-state index in [0.717, 1.165) is 24.1 Å². The molecule has 0 saturated heterocycles. The number of pyridine rings is 1. The van der Waals surface area contributed by atoms with Gasteiger partial charge < -0.3 is 15.4 Å². The van der Waals surface area contributed by atoms with Crippen molar-refractivity contribution in [1.82, 2.24) is 24.3 Å². The third-order valence-electron chi connectivity index (χ3n) is 5.69. The molecule has 1 aliphatic rings. The van der Waals surface area contributed by atoms with Crippen LogP contribution in [0.4, 0.5) is 10.2 Å². The van der Waals surface area contributed by atoms with Crippen LogP contribution in [0, 0.1) is 5.82 Å². The molecule has 0 spiro atoms. The fourth-order valence-electron chi connectivity index (χ4n) is 4.13. The number of hydrogen-bond acceptors (Lipinski definition) is 6. The van der Waals surface area contributed by atoms with E-state index < -0.39 is 11.7 Å². The van der Waals surface area contributed by atoms with Gasteiger partial charge >= 0.3 is 0 Å². The number of anilines is 1. The number of halogens is 1. The highest BCUT2D eigenvalue weighted by atomic mass is 19.1. The van der Waals surface area contributed by atoms with Crippen LogP contribution in [0.3, 0.4) is 0 Å². The van der Waals surface area contributed by atoms with Gasteiger partial charge in [-0.05, 0) is 30.5 Å². The third kappa shape index (κ3) is 2.66. The van der Waals surface area contributed by atoms with Crippen LogP contribution in [-0.2, 0) is 6.42 Å². The van der Waals surface area contributed by atoms with Gasteiger partial charge in [0, 0.05) is 24.9 Å². The van der Waals surface area contributed by atoms with Gasteiger partial charge in [0.2, 0.25) is 5.88 Å². The van der Waals surface area contributed by atoms with Crippen molar-refractivity contribution in [2.24, 2.45) is 0 Å². The third-order valence-corrected chi connectivity index (χ3v) is 5.69. The van der Waals surface area contributed by atoms with Gasteiger partial charge in [-0.25, -0.2) is 19.3 Å². The number of imidazole rings is 1. The van der Waals surface area contributed by atoms with Crippen LogP contribution in [0.2, 0.25) is 0 Å². The van der Waals surface area contributed by atoms with Crippen molar-refractivity contribution < 1.29 is 13.9 Å². The van der Waals surface area contributed by atoms with Crippen molar-refractivity contribution in [2.45, 2.75) is 18.9 Å². The summed E-state index contributed by atoms with van der Waals surface area (Å²) in [4.78, 5) is 27.6. The zero-order valence-electron chi connectivity index (χ0n) is 16.5. The minimum atomic E-state index is -0.642. The normalized spacial score (nSPS) is 15.5. The number of aryl methyl sites for hydroxylation is 1. The molecule has 3 heterocycles. The fourth-order valence-corrected chi connectivity index (χ4v) is 4.13. The molecule has 3 aromatic heterocycles. The lowest BCUT2D eigenvalue weighted by atomic mass is 10.1. The van der Waals surface area contributed by atoms with E-state index in [4.69, 9.17) is 10.5 Å². The van der Waals surface area contributed by atoms with E-state index in [1.54, 1.807) is 42.0 Å². The Morgan fingerprint density at radius 1 is 1.30 bits per heavy atom.